The number of ether oxygens (including phenoxy) is 1. The van der Waals surface area contributed by atoms with Crippen molar-refractivity contribution in [3.05, 3.63) is 75.4 Å². The van der Waals surface area contributed by atoms with E-state index >= 15 is 0 Å². The van der Waals surface area contributed by atoms with Gasteiger partial charge in [-0.25, -0.2) is 9.59 Å². The van der Waals surface area contributed by atoms with Crippen molar-refractivity contribution < 1.29 is 19.1 Å². The molecule has 2 aromatic carbocycles. The van der Waals surface area contributed by atoms with E-state index in [-0.39, 0.29) is 13.2 Å². The zero-order valence-corrected chi connectivity index (χ0v) is 17.2. The van der Waals surface area contributed by atoms with E-state index in [4.69, 9.17) is 16.3 Å². The molecule has 4 rings (SSSR count). The maximum Gasteiger partial charge on any atom is 0.338 e. The molecule has 2 heterocycles. The average molecular weight is 426 g/mol. The molecule has 2 aliphatic rings. The second-order valence-electron chi connectivity index (χ2n) is 7.32. The van der Waals surface area contributed by atoms with Crippen LogP contribution in [0.2, 0.25) is 5.02 Å². The number of halogens is 1. The van der Waals surface area contributed by atoms with Crippen molar-refractivity contribution in [1.29, 1.82) is 0 Å². The molecule has 0 radical (unpaired) electrons. The van der Waals surface area contributed by atoms with Crippen LogP contribution in [0.15, 0.2) is 53.7 Å². The summed E-state index contributed by atoms with van der Waals surface area (Å²) in [7, 11) is 0. The van der Waals surface area contributed by atoms with Gasteiger partial charge in [-0.05, 0) is 37.1 Å². The maximum atomic E-state index is 12.8. The van der Waals surface area contributed by atoms with Gasteiger partial charge in [-0.1, -0.05) is 47.5 Å². The highest BCUT2D eigenvalue weighted by atomic mass is 35.5. The number of aryl methyl sites for hydroxylation is 2. The van der Waals surface area contributed by atoms with Crippen LogP contribution >= 0.6 is 11.6 Å². The summed E-state index contributed by atoms with van der Waals surface area (Å²) in [6.07, 6.45) is 0. The fourth-order valence-corrected chi connectivity index (χ4v) is 3.72. The van der Waals surface area contributed by atoms with Crippen LogP contribution in [0.25, 0.3) is 0 Å². The Kier molecular flexibility index (Phi) is 5.22. The van der Waals surface area contributed by atoms with Crippen LogP contribution in [0.1, 0.15) is 22.7 Å². The van der Waals surface area contributed by atoms with Crippen molar-refractivity contribution >= 4 is 35.2 Å². The zero-order valence-electron chi connectivity index (χ0n) is 16.5. The molecular weight excluding hydrogens is 406 g/mol. The summed E-state index contributed by atoms with van der Waals surface area (Å²) in [5.74, 6) is -0.901. The molecule has 0 saturated carbocycles. The lowest BCUT2D eigenvalue weighted by atomic mass is 9.95. The highest BCUT2D eigenvalue weighted by molar-refractivity contribution is 6.31. The van der Waals surface area contributed by atoms with E-state index in [1.165, 1.54) is 4.90 Å². The monoisotopic (exact) mass is 425 g/mol. The van der Waals surface area contributed by atoms with Crippen molar-refractivity contribution in [2.24, 2.45) is 0 Å². The molecule has 2 aliphatic heterocycles. The van der Waals surface area contributed by atoms with Crippen molar-refractivity contribution in [3.63, 3.8) is 0 Å². The Labute approximate surface area is 178 Å². The Balaban J connectivity index is 1.59. The molecule has 0 fully saturated rings. The number of nitrogens with one attached hydrogen (secondary N) is 2. The highest BCUT2D eigenvalue weighted by Gasteiger charge is 2.42. The SMILES string of the molecule is Cc1ccc([C@H]2NC(=O)N(CC(=O)Nc3cc(Cl)ccc3C)C3=C2C(=O)OC3)cc1. The number of carbonyl (C=O) groups excluding carboxylic acids is 3. The van der Waals surface area contributed by atoms with Crippen LogP contribution in [0.3, 0.4) is 0 Å². The maximum absolute atomic E-state index is 12.8. The lowest BCUT2D eigenvalue weighted by Crippen LogP contribution is -2.49. The molecule has 0 aromatic heterocycles. The van der Waals surface area contributed by atoms with Gasteiger partial charge in [0.1, 0.15) is 13.2 Å². The van der Waals surface area contributed by atoms with E-state index in [9.17, 15) is 14.4 Å². The first kappa shape index (κ1) is 20.0. The van der Waals surface area contributed by atoms with Gasteiger partial charge in [0.2, 0.25) is 5.91 Å². The number of rotatable bonds is 4. The van der Waals surface area contributed by atoms with E-state index in [1.807, 2.05) is 38.1 Å². The normalized spacial score (nSPS) is 18.1. The van der Waals surface area contributed by atoms with Crippen LogP contribution in [0, 0.1) is 13.8 Å². The lowest BCUT2D eigenvalue weighted by molar-refractivity contribution is -0.136. The van der Waals surface area contributed by atoms with E-state index in [2.05, 4.69) is 10.6 Å². The molecule has 7 nitrogen and oxygen atoms in total. The molecular formula is C22H20ClN3O4. The van der Waals surface area contributed by atoms with Crippen molar-refractivity contribution in [3.8, 4) is 0 Å². The number of benzene rings is 2. The topological polar surface area (TPSA) is 87.7 Å². The predicted molar refractivity (Wildman–Crippen MR) is 112 cm³/mol. The molecule has 30 heavy (non-hydrogen) atoms. The summed E-state index contributed by atoms with van der Waals surface area (Å²) in [5.41, 5.74) is 4.01. The van der Waals surface area contributed by atoms with Crippen LogP contribution in [0.5, 0.6) is 0 Å². The van der Waals surface area contributed by atoms with Gasteiger partial charge in [0.25, 0.3) is 0 Å². The minimum atomic E-state index is -0.613. The number of hydrogen-bond acceptors (Lipinski definition) is 4. The number of hydrogen-bond donors (Lipinski definition) is 2. The summed E-state index contributed by atoms with van der Waals surface area (Å²) >= 11 is 6.00. The van der Waals surface area contributed by atoms with E-state index < -0.39 is 23.9 Å². The largest absolute Gasteiger partial charge is 0.456 e. The first-order chi connectivity index (χ1) is 14.3. The number of nitrogens with zero attached hydrogens (tertiary/aromatic N) is 1. The van der Waals surface area contributed by atoms with Gasteiger partial charge < -0.3 is 15.4 Å². The molecule has 154 valence electrons. The van der Waals surface area contributed by atoms with Crippen LogP contribution in [-0.4, -0.2) is 36.0 Å². The van der Waals surface area contributed by atoms with Gasteiger partial charge in [0.15, 0.2) is 0 Å². The number of esters is 1. The van der Waals surface area contributed by atoms with E-state index in [0.29, 0.717) is 22.0 Å². The van der Waals surface area contributed by atoms with Gasteiger partial charge in [0, 0.05) is 10.7 Å². The second kappa shape index (κ2) is 7.84. The molecule has 2 N–H and O–H groups in total. The van der Waals surface area contributed by atoms with Crippen LogP contribution in [-0.2, 0) is 14.3 Å². The number of amides is 3. The molecule has 0 spiro atoms. The van der Waals surface area contributed by atoms with E-state index in [0.717, 1.165) is 16.7 Å². The summed E-state index contributed by atoms with van der Waals surface area (Å²) in [4.78, 5) is 39.1. The Morgan fingerprint density at radius 3 is 2.67 bits per heavy atom. The third-order valence-corrected chi connectivity index (χ3v) is 5.42. The van der Waals surface area contributed by atoms with Gasteiger partial charge >= 0.3 is 12.0 Å². The Morgan fingerprint density at radius 2 is 1.93 bits per heavy atom. The summed E-state index contributed by atoms with van der Waals surface area (Å²) in [5, 5.41) is 6.08. The Morgan fingerprint density at radius 1 is 1.20 bits per heavy atom. The van der Waals surface area contributed by atoms with Gasteiger partial charge in [-0.15, -0.1) is 0 Å². The highest BCUT2D eigenvalue weighted by Crippen LogP contribution is 2.35. The zero-order chi connectivity index (χ0) is 21.4. The molecule has 0 unspecified atom stereocenters. The quantitative estimate of drug-likeness (QED) is 0.734. The lowest BCUT2D eigenvalue weighted by Gasteiger charge is -2.32. The van der Waals surface area contributed by atoms with Gasteiger partial charge in [-0.3, -0.25) is 9.69 Å². The van der Waals surface area contributed by atoms with Gasteiger partial charge in [0.05, 0.1) is 17.3 Å². The number of carbonyl (C=O) groups is 3. The minimum Gasteiger partial charge on any atom is -0.456 e. The molecule has 0 bridgehead atoms. The van der Waals surface area contributed by atoms with Crippen LogP contribution < -0.4 is 10.6 Å². The summed E-state index contributed by atoms with van der Waals surface area (Å²) < 4.78 is 5.19. The van der Waals surface area contributed by atoms with Crippen molar-refractivity contribution in [1.82, 2.24) is 10.2 Å². The molecule has 8 heteroatoms. The van der Waals surface area contributed by atoms with Crippen molar-refractivity contribution in [2.45, 2.75) is 19.9 Å². The van der Waals surface area contributed by atoms with E-state index in [1.54, 1.807) is 18.2 Å². The first-order valence-electron chi connectivity index (χ1n) is 9.44. The van der Waals surface area contributed by atoms with Crippen LogP contribution in [0.4, 0.5) is 10.5 Å². The molecule has 3 amide bonds. The first-order valence-corrected chi connectivity index (χ1v) is 9.82. The fraction of sp³-hybridized carbons (Fsp3) is 0.227. The third kappa shape index (κ3) is 3.76. The molecule has 1 atom stereocenters. The molecule has 0 aliphatic carbocycles. The predicted octanol–water partition coefficient (Wildman–Crippen LogP) is 3.47. The molecule has 2 aromatic rings. The second-order valence-corrected chi connectivity index (χ2v) is 7.76. The van der Waals surface area contributed by atoms with Gasteiger partial charge in [-0.2, -0.15) is 0 Å². The minimum absolute atomic E-state index is 0.0482. The average Bonchev–Trinajstić information content (AvgIpc) is 3.09. The summed E-state index contributed by atoms with van der Waals surface area (Å²) in [6.45, 7) is 3.50. The molecule has 0 saturated heterocycles. The van der Waals surface area contributed by atoms with Crippen molar-refractivity contribution in [2.75, 3.05) is 18.5 Å². The summed E-state index contributed by atoms with van der Waals surface area (Å²) in [6, 6.07) is 11.6. The number of urea groups is 1. The Bertz CT molecular complexity index is 1080. The third-order valence-electron chi connectivity index (χ3n) is 5.18. The smallest absolute Gasteiger partial charge is 0.338 e. The fourth-order valence-electron chi connectivity index (χ4n) is 3.55. The number of anilines is 1. The Hall–Kier alpha value is -3.32. The standard InChI is InChI=1S/C22H20ClN3O4/c1-12-3-6-14(7-4-12)20-19-17(11-30-21(19)28)26(22(29)25-20)10-18(27)24-16-9-15(23)8-5-13(16)2/h3-9,20H,10-11H2,1-2H3,(H,24,27)(H,25,29)/t20-/m1/s1. The number of cyclic esters (lactones) is 1.